The van der Waals surface area contributed by atoms with E-state index in [1.54, 1.807) is 0 Å². The van der Waals surface area contributed by atoms with Crippen LogP contribution in [0.3, 0.4) is 0 Å². The minimum Gasteiger partial charge on any atom is -0.273 e. The number of benzene rings is 3. The van der Waals surface area contributed by atoms with Crippen molar-refractivity contribution in [3.8, 4) is 0 Å². The maximum absolute atomic E-state index is 4.54. The van der Waals surface area contributed by atoms with E-state index in [4.69, 9.17) is 0 Å². The summed E-state index contributed by atoms with van der Waals surface area (Å²) in [6.07, 6.45) is 2.25. The van der Waals surface area contributed by atoms with Crippen molar-refractivity contribution >= 4 is 11.0 Å². The minimum absolute atomic E-state index is 0.151. The maximum Gasteiger partial charge on any atom is 0.113 e. The summed E-state index contributed by atoms with van der Waals surface area (Å²) in [5.41, 5.74) is 4.66. The molecule has 0 spiro atoms. The number of nitrogens with zero attached hydrogens (tertiary/aromatic N) is 4. The van der Waals surface area contributed by atoms with Crippen LogP contribution in [0.4, 0.5) is 0 Å². The zero-order chi connectivity index (χ0) is 19.2. The summed E-state index contributed by atoms with van der Waals surface area (Å²) in [5.74, 6) is 0. The van der Waals surface area contributed by atoms with Crippen molar-refractivity contribution in [3.05, 3.63) is 96.1 Å². The molecule has 1 unspecified atom stereocenters. The fourth-order valence-electron chi connectivity index (χ4n) is 3.73. The topological polar surface area (TPSA) is 34.0 Å². The van der Waals surface area contributed by atoms with E-state index >= 15 is 0 Å². The van der Waals surface area contributed by atoms with Gasteiger partial charge in [-0.1, -0.05) is 91.4 Å². The third-order valence-electron chi connectivity index (χ3n) is 5.09. The van der Waals surface area contributed by atoms with E-state index < -0.39 is 0 Å². The molecule has 142 valence electrons. The van der Waals surface area contributed by atoms with E-state index in [0.29, 0.717) is 0 Å². The van der Waals surface area contributed by atoms with E-state index in [9.17, 15) is 0 Å². The van der Waals surface area contributed by atoms with Crippen LogP contribution >= 0.6 is 0 Å². The minimum atomic E-state index is 0.151. The predicted molar refractivity (Wildman–Crippen MR) is 114 cm³/mol. The maximum atomic E-state index is 4.54. The summed E-state index contributed by atoms with van der Waals surface area (Å²) < 4.78 is 2.10. The van der Waals surface area contributed by atoms with Crippen molar-refractivity contribution in [2.24, 2.45) is 0 Å². The van der Waals surface area contributed by atoms with E-state index in [-0.39, 0.29) is 6.17 Å². The lowest BCUT2D eigenvalue weighted by molar-refractivity contribution is 0.103. The smallest absolute Gasteiger partial charge is 0.113 e. The van der Waals surface area contributed by atoms with E-state index in [1.165, 1.54) is 11.1 Å². The van der Waals surface area contributed by atoms with Gasteiger partial charge in [-0.05, 0) is 29.7 Å². The normalized spacial score (nSPS) is 12.5. The highest BCUT2D eigenvalue weighted by Gasteiger charge is 2.23. The van der Waals surface area contributed by atoms with Crippen molar-refractivity contribution in [2.75, 3.05) is 0 Å². The Morgan fingerprint density at radius 1 is 0.786 bits per heavy atom. The lowest BCUT2D eigenvalue weighted by Crippen LogP contribution is -2.32. The molecule has 4 nitrogen and oxygen atoms in total. The summed E-state index contributed by atoms with van der Waals surface area (Å²) in [6, 6.07) is 29.6. The largest absolute Gasteiger partial charge is 0.273 e. The first kappa shape index (κ1) is 18.4. The van der Waals surface area contributed by atoms with Crippen molar-refractivity contribution in [3.63, 3.8) is 0 Å². The van der Waals surface area contributed by atoms with Gasteiger partial charge in [-0.3, -0.25) is 4.90 Å². The van der Waals surface area contributed by atoms with Gasteiger partial charge >= 0.3 is 0 Å². The molecule has 4 rings (SSSR count). The van der Waals surface area contributed by atoms with Gasteiger partial charge in [0.05, 0.1) is 5.52 Å². The van der Waals surface area contributed by atoms with Gasteiger partial charge in [0.1, 0.15) is 11.7 Å². The van der Waals surface area contributed by atoms with Gasteiger partial charge in [-0.2, -0.15) is 0 Å². The summed E-state index contributed by atoms with van der Waals surface area (Å²) in [7, 11) is 0. The third-order valence-corrected chi connectivity index (χ3v) is 5.09. The molecular formula is C24H26N4. The number of rotatable bonds is 8. The second-order valence-corrected chi connectivity index (χ2v) is 7.17. The SMILES string of the molecule is CCCC(N(Cc1ccccc1)Cc1ccccc1)n1nnc2ccccc21. The van der Waals surface area contributed by atoms with Gasteiger partial charge in [0, 0.05) is 13.1 Å². The standard InChI is InChI=1S/C24H26N4/c1-2-11-24(28-23-17-10-9-16-22(23)25-26-28)27(18-20-12-5-3-6-13-20)19-21-14-7-4-8-15-21/h3-10,12-17,24H,2,11,18-19H2,1H3. The Kier molecular flexibility index (Phi) is 5.78. The van der Waals surface area contributed by atoms with Crippen LogP contribution in [0.15, 0.2) is 84.9 Å². The van der Waals surface area contributed by atoms with Gasteiger partial charge in [0.2, 0.25) is 0 Å². The first-order valence-corrected chi connectivity index (χ1v) is 9.97. The highest BCUT2D eigenvalue weighted by molar-refractivity contribution is 5.73. The predicted octanol–water partition coefficient (Wildman–Crippen LogP) is 5.43. The summed E-state index contributed by atoms with van der Waals surface area (Å²) >= 11 is 0. The highest BCUT2D eigenvalue weighted by Crippen LogP contribution is 2.26. The molecule has 1 atom stereocenters. The van der Waals surface area contributed by atoms with Crippen LogP contribution in [-0.4, -0.2) is 19.9 Å². The lowest BCUT2D eigenvalue weighted by atomic mass is 10.1. The van der Waals surface area contributed by atoms with E-state index in [2.05, 4.69) is 99.6 Å². The quantitative estimate of drug-likeness (QED) is 0.414. The van der Waals surface area contributed by atoms with Crippen LogP contribution in [0.5, 0.6) is 0 Å². The molecule has 1 heterocycles. The molecule has 0 radical (unpaired) electrons. The van der Waals surface area contributed by atoms with Crippen LogP contribution in [0.25, 0.3) is 11.0 Å². The average molecular weight is 371 g/mol. The van der Waals surface area contributed by atoms with Crippen LogP contribution in [-0.2, 0) is 13.1 Å². The van der Waals surface area contributed by atoms with Gasteiger partial charge < -0.3 is 0 Å². The Bertz CT molecular complexity index is 953. The molecule has 1 aromatic heterocycles. The Balaban J connectivity index is 1.72. The molecule has 0 N–H and O–H groups in total. The number of hydrogen-bond acceptors (Lipinski definition) is 3. The Morgan fingerprint density at radius 2 is 1.36 bits per heavy atom. The van der Waals surface area contributed by atoms with Crippen LogP contribution < -0.4 is 0 Å². The fourth-order valence-corrected chi connectivity index (χ4v) is 3.73. The highest BCUT2D eigenvalue weighted by atomic mass is 15.5. The van der Waals surface area contributed by atoms with Crippen LogP contribution in [0.1, 0.15) is 37.1 Å². The van der Waals surface area contributed by atoms with Crippen LogP contribution in [0, 0.1) is 0 Å². The molecule has 4 heteroatoms. The summed E-state index contributed by atoms with van der Waals surface area (Å²) in [6.45, 7) is 3.97. The Labute approximate surface area is 166 Å². The molecule has 0 aliphatic heterocycles. The first-order valence-electron chi connectivity index (χ1n) is 9.97. The number of aromatic nitrogens is 3. The van der Waals surface area contributed by atoms with Gasteiger partial charge in [-0.15, -0.1) is 5.10 Å². The monoisotopic (exact) mass is 370 g/mol. The Morgan fingerprint density at radius 3 is 1.96 bits per heavy atom. The average Bonchev–Trinajstić information content (AvgIpc) is 3.17. The third kappa shape index (κ3) is 4.12. The summed E-state index contributed by atoms with van der Waals surface area (Å²) in [4.78, 5) is 2.51. The van der Waals surface area contributed by atoms with E-state index in [1.807, 2.05) is 12.1 Å². The molecular weight excluding hydrogens is 344 g/mol. The molecule has 0 saturated heterocycles. The van der Waals surface area contributed by atoms with Crippen LogP contribution in [0.2, 0.25) is 0 Å². The van der Waals surface area contributed by atoms with Crippen molar-refractivity contribution in [1.82, 2.24) is 19.9 Å². The fraction of sp³-hybridized carbons (Fsp3) is 0.250. The molecule has 4 aromatic rings. The molecule has 0 aliphatic rings. The lowest BCUT2D eigenvalue weighted by Gasteiger charge is -2.32. The molecule has 0 amide bonds. The van der Waals surface area contributed by atoms with Gasteiger partial charge in [0.15, 0.2) is 0 Å². The molecule has 0 saturated carbocycles. The molecule has 0 fully saturated rings. The first-order chi connectivity index (χ1) is 13.8. The molecule has 28 heavy (non-hydrogen) atoms. The Hall–Kier alpha value is -2.98. The molecule has 3 aromatic carbocycles. The second-order valence-electron chi connectivity index (χ2n) is 7.17. The second kappa shape index (κ2) is 8.81. The molecule has 0 aliphatic carbocycles. The summed E-state index contributed by atoms with van der Waals surface area (Å²) in [5, 5.41) is 8.95. The zero-order valence-corrected chi connectivity index (χ0v) is 16.3. The number of fused-ring (bicyclic) bond motifs is 1. The van der Waals surface area contributed by atoms with Gasteiger partial charge in [0.25, 0.3) is 0 Å². The van der Waals surface area contributed by atoms with Crippen molar-refractivity contribution < 1.29 is 0 Å². The van der Waals surface area contributed by atoms with Crippen molar-refractivity contribution in [2.45, 2.75) is 39.0 Å². The number of para-hydroxylation sites is 1. The molecule has 0 bridgehead atoms. The number of hydrogen-bond donors (Lipinski definition) is 0. The van der Waals surface area contributed by atoms with Gasteiger partial charge in [-0.25, -0.2) is 4.68 Å². The van der Waals surface area contributed by atoms with Crippen molar-refractivity contribution in [1.29, 1.82) is 0 Å². The zero-order valence-electron chi connectivity index (χ0n) is 16.3. The van der Waals surface area contributed by atoms with E-state index in [0.717, 1.165) is 37.0 Å².